The standard InChI is InChI=1S/C23H29N3O4S/c27-21(24-15-18-11-5-13-30-18)20(19-12-6-14-31-19)26(17-9-3-4-10-17)23(29)22(28)25-16-7-1-2-8-16/h5-6,11-14,16-17,20H,1-4,7-10,15H2,(H,24,27)(H,25,28). The van der Waals surface area contributed by atoms with Crippen molar-refractivity contribution in [3.8, 4) is 0 Å². The molecule has 31 heavy (non-hydrogen) atoms. The Morgan fingerprint density at radius 2 is 1.81 bits per heavy atom. The number of furan rings is 1. The summed E-state index contributed by atoms with van der Waals surface area (Å²) in [4.78, 5) is 41.9. The van der Waals surface area contributed by atoms with Crippen molar-refractivity contribution in [1.29, 1.82) is 0 Å². The maximum atomic E-state index is 13.4. The van der Waals surface area contributed by atoms with Crippen molar-refractivity contribution in [2.24, 2.45) is 0 Å². The molecule has 2 aromatic heterocycles. The first kappa shape index (κ1) is 21.6. The molecule has 2 aromatic rings. The lowest BCUT2D eigenvalue weighted by atomic mass is 10.1. The van der Waals surface area contributed by atoms with E-state index in [4.69, 9.17) is 4.42 Å². The molecule has 0 aliphatic heterocycles. The molecule has 2 heterocycles. The van der Waals surface area contributed by atoms with Crippen molar-refractivity contribution >= 4 is 29.1 Å². The maximum absolute atomic E-state index is 13.4. The van der Waals surface area contributed by atoms with Gasteiger partial charge in [0.15, 0.2) is 0 Å². The molecule has 4 rings (SSSR count). The zero-order chi connectivity index (χ0) is 21.6. The van der Waals surface area contributed by atoms with Gasteiger partial charge in [-0.15, -0.1) is 11.3 Å². The predicted octanol–water partition coefficient (Wildman–Crippen LogP) is 3.53. The number of thiophene rings is 1. The lowest BCUT2D eigenvalue weighted by Crippen LogP contribution is -2.53. The molecule has 2 aliphatic carbocycles. The highest BCUT2D eigenvalue weighted by Crippen LogP contribution is 2.34. The van der Waals surface area contributed by atoms with Gasteiger partial charge in [-0.25, -0.2) is 0 Å². The number of nitrogens with zero attached hydrogens (tertiary/aromatic N) is 1. The van der Waals surface area contributed by atoms with E-state index in [0.717, 1.165) is 56.2 Å². The highest BCUT2D eigenvalue weighted by molar-refractivity contribution is 7.10. The van der Waals surface area contributed by atoms with Crippen molar-refractivity contribution < 1.29 is 18.8 Å². The van der Waals surface area contributed by atoms with Crippen LogP contribution in [0.2, 0.25) is 0 Å². The Balaban J connectivity index is 1.57. The number of carbonyl (C=O) groups excluding carboxylic acids is 3. The molecule has 0 bridgehead atoms. The second kappa shape index (κ2) is 10.1. The van der Waals surface area contributed by atoms with Gasteiger partial charge in [-0.3, -0.25) is 14.4 Å². The smallest absolute Gasteiger partial charge is 0.313 e. The minimum Gasteiger partial charge on any atom is -0.467 e. The number of hydrogen-bond donors (Lipinski definition) is 2. The van der Waals surface area contributed by atoms with Crippen LogP contribution in [-0.4, -0.2) is 34.7 Å². The van der Waals surface area contributed by atoms with Crippen LogP contribution < -0.4 is 10.6 Å². The van der Waals surface area contributed by atoms with E-state index in [-0.39, 0.29) is 24.5 Å². The molecule has 2 saturated carbocycles. The molecule has 0 spiro atoms. The van der Waals surface area contributed by atoms with Gasteiger partial charge in [0.05, 0.1) is 12.8 Å². The Bertz CT molecular complexity index is 869. The van der Waals surface area contributed by atoms with Gasteiger partial charge in [0.1, 0.15) is 11.8 Å². The van der Waals surface area contributed by atoms with Crippen LogP contribution in [0.3, 0.4) is 0 Å². The monoisotopic (exact) mass is 443 g/mol. The summed E-state index contributed by atoms with van der Waals surface area (Å²) in [7, 11) is 0. The summed E-state index contributed by atoms with van der Waals surface area (Å²) in [5.41, 5.74) is 0. The first-order chi connectivity index (χ1) is 15.1. The van der Waals surface area contributed by atoms with Gasteiger partial charge < -0.3 is 20.0 Å². The van der Waals surface area contributed by atoms with Gasteiger partial charge in [-0.1, -0.05) is 31.7 Å². The van der Waals surface area contributed by atoms with E-state index in [1.54, 1.807) is 23.3 Å². The van der Waals surface area contributed by atoms with Crippen LogP contribution in [0.4, 0.5) is 0 Å². The summed E-state index contributed by atoms with van der Waals surface area (Å²) >= 11 is 1.42. The quantitative estimate of drug-likeness (QED) is 0.641. The highest BCUT2D eigenvalue weighted by Gasteiger charge is 2.41. The molecule has 0 aromatic carbocycles. The zero-order valence-corrected chi connectivity index (χ0v) is 18.4. The van der Waals surface area contributed by atoms with Crippen molar-refractivity contribution in [1.82, 2.24) is 15.5 Å². The van der Waals surface area contributed by atoms with Gasteiger partial charge in [0, 0.05) is 17.0 Å². The van der Waals surface area contributed by atoms with Crippen molar-refractivity contribution in [2.45, 2.75) is 76.0 Å². The van der Waals surface area contributed by atoms with Crippen molar-refractivity contribution in [3.63, 3.8) is 0 Å². The zero-order valence-electron chi connectivity index (χ0n) is 17.5. The van der Waals surface area contributed by atoms with E-state index in [1.807, 2.05) is 17.5 Å². The first-order valence-electron chi connectivity index (χ1n) is 11.1. The molecule has 2 fully saturated rings. The summed E-state index contributed by atoms with van der Waals surface area (Å²) in [5, 5.41) is 7.68. The fourth-order valence-electron chi connectivity index (χ4n) is 4.63. The molecule has 1 unspecified atom stereocenters. The average Bonchev–Trinajstić information content (AvgIpc) is 3.58. The number of hydrogen-bond acceptors (Lipinski definition) is 5. The minimum absolute atomic E-state index is 0.0508. The fourth-order valence-corrected chi connectivity index (χ4v) is 5.46. The van der Waals surface area contributed by atoms with Crippen LogP contribution in [-0.2, 0) is 20.9 Å². The molecule has 0 saturated heterocycles. The SMILES string of the molecule is O=C(NC1CCCC1)C(=O)N(C1CCCC1)C(C(=O)NCc1ccco1)c1cccs1. The third-order valence-corrected chi connectivity index (χ3v) is 7.12. The van der Waals surface area contributed by atoms with Gasteiger partial charge in [-0.05, 0) is 49.3 Å². The maximum Gasteiger partial charge on any atom is 0.313 e. The summed E-state index contributed by atoms with van der Waals surface area (Å²) in [6.07, 6.45) is 9.08. The lowest BCUT2D eigenvalue weighted by molar-refractivity contribution is -0.152. The van der Waals surface area contributed by atoms with Crippen molar-refractivity contribution in [3.05, 3.63) is 46.5 Å². The summed E-state index contributed by atoms with van der Waals surface area (Å²) in [6.45, 7) is 0.231. The van der Waals surface area contributed by atoms with Crippen LogP contribution in [0.25, 0.3) is 0 Å². The van der Waals surface area contributed by atoms with Gasteiger partial charge >= 0.3 is 11.8 Å². The number of rotatable bonds is 7. The molecule has 2 N–H and O–H groups in total. The van der Waals surface area contributed by atoms with E-state index in [2.05, 4.69) is 10.6 Å². The molecular formula is C23H29N3O4S. The Morgan fingerprint density at radius 1 is 1.06 bits per heavy atom. The van der Waals surface area contributed by atoms with Gasteiger partial charge in [0.25, 0.3) is 0 Å². The van der Waals surface area contributed by atoms with Crippen molar-refractivity contribution in [2.75, 3.05) is 0 Å². The van der Waals surface area contributed by atoms with Crippen LogP contribution in [0.15, 0.2) is 40.3 Å². The molecule has 0 radical (unpaired) electrons. The number of nitrogens with one attached hydrogen (secondary N) is 2. The first-order valence-corrected chi connectivity index (χ1v) is 12.0. The fraction of sp³-hybridized carbons (Fsp3) is 0.522. The van der Waals surface area contributed by atoms with Crippen LogP contribution >= 0.6 is 11.3 Å². The Morgan fingerprint density at radius 3 is 2.45 bits per heavy atom. The Hall–Kier alpha value is -2.61. The minimum atomic E-state index is -0.833. The second-order valence-electron chi connectivity index (χ2n) is 8.32. The van der Waals surface area contributed by atoms with E-state index >= 15 is 0 Å². The third-order valence-electron chi connectivity index (χ3n) is 6.19. The van der Waals surface area contributed by atoms with Gasteiger partial charge in [-0.2, -0.15) is 0 Å². The topological polar surface area (TPSA) is 91.7 Å². The molecule has 3 amide bonds. The average molecular weight is 444 g/mol. The third kappa shape index (κ3) is 5.18. The molecular weight excluding hydrogens is 414 g/mol. The summed E-state index contributed by atoms with van der Waals surface area (Å²) < 4.78 is 5.32. The van der Waals surface area contributed by atoms with Crippen LogP contribution in [0.1, 0.15) is 68.0 Å². The summed E-state index contributed by atoms with van der Waals surface area (Å²) in [6, 6.07) is 6.36. The number of amides is 3. The molecule has 7 nitrogen and oxygen atoms in total. The van der Waals surface area contributed by atoms with Gasteiger partial charge in [0.2, 0.25) is 5.91 Å². The number of carbonyl (C=O) groups is 3. The Labute approximate surface area is 186 Å². The normalized spacial score (nSPS) is 18.1. The highest BCUT2D eigenvalue weighted by atomic mass is 32.1. The largest absolute Gasteiger partial charge is 0.467 e. The molecule has 166 valence electrons. The van der Waals surface area contributed by atoms with E-state index < -0.39 is 17.9 Å². The molecule has 8 heteroatoms. The van der Waals surface area contributed by atoms with E-state index in [0.29, 0.717) is 5.76 Å². The van der Waals surface area contributed by atoms with E-state index in [9.17, 15) is 14.4 Å². The van der Waals surface area contributed by atoms with Crippen LogP contribution in [0.5, 0.6) is 0 Å². The van der Waals surface area contributed by atoms with Crippen LogP contribution in [0, 0.1) is 0 Å². The molecule has 1 atom stereocenters. The predicted molar refractivity (Wildman–Crippen MR) is 117 cm³/mol. The second-order valence-corrected chi connectivity index (χ2v) is 9.30. The summed E-state index contributed by atoms with van der Waals surface area (Å²) in [5.74, 6) is -0.867. The van der Waals surface area contributed by atoms with E-state index in [1.165, 1.54) is 11.3 Å². The molecule has 2 aliphatic rings. The Kier molecular flexibility index (Phi) is 7.06. The lowest BCUT2D eigenvalue weighted by Gasteiger charge is -2.35.